The number of thiol groups is 1. The highest BCUT2D eigenvalue weighted by atomic mass is 32.1. The first-order valence-corrected chi connectivity index (χ1v) is 3.40. The molecule has 0 aliphatic heterocycles. The van der Waals surface area contributed by atoms with Crippen molar-refractivity contribution in [2.45, 2.75) is 6.92 Å². The van der Waals surface area contributed by atoms with Crippen LogP contribution in [0.1, 0.15) is 6.92 Å². The van der Waals surface area contributed by atoms with Crippen LogP contribution in [0.15, 0.2) is 36.5 Å². The molecule has 0 saturated heterocycles. The number of rotatable bonds is 3. The maximum absolute atomic E-state index is 7.14. The van der Waals surface area contributed by atoms with Gasteiger partial charge in [-0.2, -0.15) is 0 Å². The summed E-state index contributed by atoms with van der Waals surface area (Å²) in [6.07, 6.45) is 7.07. The molecule has 1 nitrogen and oxygen atoms in total. The van der Waals surface area contributed by atoms with Crippen LogP contribution in [0.2, 0.25) is 0 Å². The second kappa shape index (κ2) is 5.06. The second-order valence-corrected chi connectivity index (χ2v) is 2.13. The molecule has 0 aromatic heterocycles. The number of hydrogen-bond donors (Lipinski definition) is 2. The van der Waals surface area contributed by atoms with Crippen molar-refractivity contribution in [3.05, 3.63) is 36.5 Å². The Balaban J connectivity index is 4.25. The summed E-state index contributed by atoms with van der Waals surface area (Å²) in [5.41, 5.74) is 0.809. The van der Waals surface area contributed by atoms with E-state index >= 15 is 0 Å². The molecule has 1 N–H and O–H groups in total. The van der Waals surface area contributed by atoms with E-state index in [2.05, 4.69) is 19.2 Å². The summed E-state index contributed by atoms with van der Waals surface area (Å²) in [6.45, 7) is 5.39. The van der Waals surface area contributed by atoms with E-state index in [4.69, 9.17) is 5.41 Å². The van der Waals surface area contributed by atoms with E-state index in [1.807, 2.05) is 13.0 Å². The van der Waals surface area contributed by atoms with Gasteiger partial charge in [0, 0.05) is 5.57 Å². The van der Waals surface area contributed by atoms with Gasteiger partial charge in [0.25, 0.3) is 0 Å². The van der Waals surface area contributed by atoms with Gasteiger partial charge < -0.3 is 0 Å². The Morgan fingerprint density at radius 3 is 2.50 bits per heavy atom. The van der Waals surface area contributed by atoms with E-state index in [-0.39, 0.29) is 5.04 Å². The fourth-order valence-corrected chi connectivity index (χ4v) is 0.687. The summed E-state index contributed by atoms with van der Waals surface area (Å²) in [5.74, 6) is 0. The van der Waals surface area contributed by atoms with Gasteiger partial charge >= 0.3 is 0 Å². The van der Waals surface area contributed by atoms with Gasteiger partial charge in [0.2, 0.25) is 0 Å². The summed E-state index contributed by atoms with van der Waals surface area (Å²) in [5, 5.41) is 7.42. The van der Waals surface area contributed by atoms with E-state index in [1.54, 1.807) is 18.2 Å². The highest BCUT2D eigenvalue weighted by Gasteiger charge is 1.90. The Labute approximate surface area is 67.1 Å². The lowest BCUT2D eigenvalue weighted by Gasteiger charge is -1.92. The normalized spacial score (nSPS) is 12.0. The molecule has 0 bridgehead atoms. The van der Waals surface area contributed by atoms with Crippen LogP contribution in [-0.2, 0) is 0 Å². The number of nitrogens with one attached hydrogen (secondary N) is 1. The molecule has 0 saturated carbocycles. The van der Waals surface area contributed by atoms with Crippen LogP contribution in [0.25, 0.3) is 0 Å². The van der Waals surface area contributed by atoms with E-state index in [0.717, 1.165) is 5.57 Å². The van der Waals surface area contributed by atoms with Crippen molar-refractivity contribution < 1.29 is 0 Å². The maximum Gasteiger partial charge on any atom is 0.0908 e. The Hall–Kier alpha value is -0.760. The van der Waals surface area contributed by atoms with Gasteiger partial charge in [0.15, 0.2) is 0 Å². The number of allylic oxidation sites excluding steroid dienone is 4. The summed E-state index contributed by atoms with van der Waals surface area (Å²) >= 11 is 3.88. The molecular formula is C8H11NS. The van der Waals surface area contributed by atoms with Crippen LogP contribution < -0.4 is 0 Å². The van der Waals surface area contributed by atoms with Gasteiger partial charge in [-0.1, -0.05) is 30.9 Å². The monoisotopic (exact) mass is 153 g/mol. The van der Waals surface area contributed by atoms with E-state index in [9.17, 15) is 0 Å². The van der Waals surface area contributed by atoms with Crippen LogP contribution in [0.4, 0.5) is 0 Å². The van der Waals surface area contributed by atoms with E-state index < -0.39 is 0 Å². The summed E-state index contributed by atoms with van der Waals surface area (Å²) < 4.78 is 0. The lowest BCUT2D eigenvalue weighted by Crippen LogP contribution is -1.86. The zero-order valence-corrected chi connectivity index (χ0v) is 6.86. The van der Waals surface area contributed by atoms with Crippen LogP contribution >= 0.6 is 12.6 Å². The first kappa shape index (κ1) is 9.24. The second-order valence-electron chi connectivity index (χ2n) is 1.69. The predicted octanol–water partition coefficient (Wildman–Crippen LogP) is 2.58. The third-order valence-corrected chi connectivity index (χ3v) is 1.25. The molecule has 0 aromatic rings. The number of hydrogen-bond acceptors (Lipinski definition) is 1. The van der Waals surface area contributed by atoms with Crippen molar-refractivity contribution in [3.63, 3.8) is 0 Å². The molecule has 0 unspecified atom stereocenters. The van der Waals surface area contributed by atoms with Gasteiger partial charge in [-0.15, -0.1) is 12.6 Å². The van der Waals surface area contributed by atoms with E-state index in [1.165, 1.54) is 0 Å². The molecular weight excluding hydrogens is 142 g/mol. The van der Waals surface area contributed by atoms with Gasteiger partial charge in [-0.05, 0) is 6.92 Å². The minimum Gasteiger partial charge on any atom is -0.294 e. The third kappa shape index (κ3) is 3.30. The minimum atomic E-state index is 0.278. The molecule has 2 heteroatoms. The molecule has 0 rings (SSSR count). The first-order valence-electron chi connectivity index (χ1n) is 2.95. The third-order valence-electron chi connectivity index (χ3n) is 0.996. The van der Waals surface area contributed by atoms with Crippen molar-refractivity contribution >= 4 is 17.7 Å². The van der Waals surface area contributed by atoms with Gasteiger partial charge in [-0.25, -0.2) is 0 Å². The van der Waals surface area contributed by atoms with E-state index in [0.29, 0.717) is 0 Å². The molecule has 0 radical (unpaired) electrons. The lowest BCUT2D eigenvalue weighted by molar-refractivity contribution is 1.53. The van der Waals surface area contributed by atoms with Crippen LogP contribution in [-0.4, -0.2) is 5.04 Å². The van der Waals surface area contributed by atoms with Crippen molar-refractivity contribution in [1.29, 1.82) is 5.41 Å². The molecule has 54 valence electrons. The minimum absolute atomic E-state index is 0.278. The predicted molar refractivity (Wildman–Crippen MR) is 49.8 cm³/mol. The van der Waals surface area contributed by atoms with Crippen molar-refractivity contribution in [1.82, 2.24) is 0 Å². The Morgan fingerprint density at radius 2 is 2.20 bits per heavy atom. The summed E-state index contributed by atoms with van der Waals surface area (Å²) in [7, 11) is 0. The molecule has 0 heterocycles. The molecule has 0 amide bonds. The molecule has 0 spiro atoms. The van der Waals surface area contributed by atoms with Gasteiger partial charge in [0.05, 0.1) is 5.04 Å². The van der Waals surface area contributed by atoms with Gasteiger partial charge in [-0.3, -0.25) is 5.41 Å². The van der Waals surface area contributed by atoms with Gasteiger partial charge in [0.1, 0.15) is 0 Å². The highest BCUT2D eigenvalue weighted by molar-refractivity contribution is 7.97. The molecule has 10 heavy (non-hydrogen) atoms. The van der Waals surface area contributed by atoms with Crippen molar-refractivity contribution in [2.24, 2.45) is 0 Å². The zero-order valence-electron chi connectivity index (χ0n) is 5.96. The SMILES string of the molecule is C=C/C=C\C(=C/C)C(=N)S. The fourth-order valence-electron chi connectivity index (χ4n) is 0.484. The Bertz CT molecular complexity index is 189. The molecule has 0 aliphatic rings. The van der Waals surface area contributed by atoms with Crippen molar-refractivity contribution in [3.8, 4) is 0 Å². The summed E-state index contributed by atoms with van der Waals surface area (Å²) in [4.78, 5) is 0. The van der Waals surface area contributed by atoms with Crippen LogP contribution in [0, 0.1) is 5.41 Å². The largest absolute Gasteiger partial charge is 0.294 e. The maximum atomic E-state index is 7.14. The first-order chi connectivity index (χ1) is 4.72. The Morgan fingerprint density at radius 1 is 1.60 bits per heavy atom. The topological polar surface area (TPSA) is 23.9 Å². The standard InChI is InChI=1S/C8H11NS/c1-3-5-6-7(4-2)8(9)10/h3-6H,1H2,2H3,(H2,9,10)/b6-5-,7-4+. The quantitative estimate of drug-likeness (QED) is 0.269. The zero-order chi connectivity index (χ0) is 7.98. The summed E-state index contributed by atoms with van der Waals surface area (Å²) in [6, 6.07) is 0. The molecule has 0 atom stereocenters. The Kier molecular flexibility index (Phi) is 4.67. The molecule has 0 aromatic carbocycles. The highest BCUT2D eigenvalue weighted by Crippen LogP contribution is 2.01. The van der Waals surface area contributed by atoms with Crippen LogP contribution in [0.5, 0.6) is 0 Å². The fraction of sp³-hybridized carbons (Fsp3) is 0.125. The van der Waals surface area contributed by atoms with Crippen LogP contribution in [0.3, 0.4) is 0 Å². The lowest BCUT2D eigenvalue weighted by atomic mass is 10.2. The smallest absolute Gasteiger partial charge is 0.0908 e. The average molecular weight is 153 g/mol. The molecule has 0 aliphatic carbocycles. The average Bonchev–Trinajstić information content (AvgIpc) is 1.89. The van der Waals surface area contributed by atoms with Crippen molar-refractivity contribution in [2.75, 3.05) is 0 Å². The molecule has 0 fully saturated rings.